The first-order valence-corrected chi connectivity index (χ1v) is 12.2. The molecule has 2 N–H and O–H groups in total. The molecule has 8 nitrogen and oxygen atoms in total. The quantitative estimate of drug-likeness (QED) is 0.278. The zero-order valence-corrected chi connectivity index (χ0v) is 21.5. The van der Waals surface area contributed by atoms with Crippen molar-refractivity contribution in [2.24, 2.45) is 4.99 Å². The molecule has 0 amide bonds. The van der Waals surface area contributed by atoms with Crippen molar-refractivity contribution in [3.63, 3.8) is 0 Å². The van der Waals surface area contributed by atoms with Crippen molar-refractivity contribution in [1.82, 2.24) is 15.8 Å². The first-order valence-electron chi connectivity index (χ1n) is 10.6. The molecule has 1 aromatic carbocycles. The number of halogens is 1. The second-order valence-corrected chi connectivity index (χ2v) is 9.14. The van der Waals surface area contributed by atoms with Gasteiger partial charge in [-0.1, -0.05) is 37.2 Å². The second kappa shape index (κ2) is 11.7. The SMILES string of the molecule is CCNC(=NCc1c(CC)noc1CC)NCCS(=O)(=O)N1CCc2ccccc21.I. The second-order valence-electron chi connectivity index (χ2n) is 7.13. The molecule has 3 rings (SSSR count). The molecule has 2 aromatic rings. The number of sulfonamides is 1. The van der Waals surface area contributed by atoms with E-state index in [4.69, 9.17) is 4.52 Å². The molecule has 31 heavy (non-hydrogen) atoms. The first kappa shape index (κ1) is 25.4. The number of aromatic nitrogens is 1. The Morgan fingerprint density at radius 2 is 1.97 bits per heavy atom. The fraction of sp³-hybridized carbons (Fsp3) is 0.524. The molecule has 172 valence electrons. The number of anilines is 1. The fourth-order valence-electron chi connectivity index (χ4n) is 3.62. The number of hydrogen-bond donors (Lipinski definition) is 2. The van der Waals surface area contributed by atoms with Gasteiger partial charge >= 0.3 is 0 Å². The van der Waals surface area contributed by atoms with Gasteiger partial charge in [0.2, 0.25) is 10.0 Å². The molecule has 0 unspecified atom stereocenters. The van der Waals surface area contributed by atoms with Crippen LogP contribution >= 0.6 is 24.0 Å². The van der Waals surface area contributed by atoms with Crippen LogP contribution in [0.1, 0.15) is 43.4 Å². The van der Waals surface area contributed by atoms with Gasteiger partial charge in [0.15, 0.2) is 5.96 Å². The minimum Gasteiger partial charge on any atom is -0.361 e. The molecule has 10 heteroatoms. The van der Waals surface area contributed by atoms with Crippen molar-refractivity contribution in [1.29, 1.82) is 0 Å². The number of nitrogens with one attached hydrogen (secondary N) is 2. The largest absolute Gasteiger partial charge is 0.361 e. The van der Waals surface area contributed by atoms with Crippen LogP contribution < -0.4 is 14.9 Å². The lowest BCUT2D eigenvalue weighted by molar-refractivity contribution is 0.380. The van der Waals surface area contributed by atoms with Gasteiger partial charge in [0, 0.05) is 31.6 Å². The number of aliphatic imine (C=N–C) groups is 1. The molecule has 0 bridgehead atoms. The monoisotopic (exact) mass is 561 g/mol. The molecule has 2 heterocycles. The number of hydrogen-bond acceptors (Lipinski definition) is 5. The first-order chi connectivity index (χ1) is 14.5. The maximum Gasteiger partial charge on any atom is 0.236 e. The third-order valence-electron chi connectivity index (χ3n) is 5.18. The highest BCUT2D eigenvalue weighted by atomic mass is 127. The number of rotatable bonds is 9. The summed E-state index contributed by atoms with van der Waals surface area (Å²) in [4.78, 5) is 4.61. The van der Waals surface area contributed by atoms with Gasteiger partial charge in [-0.2, -0.15) is 0 Å². The van der Waals surface area contributed by atoms with E-state index in [0.29, 0.717) is 25.6 Å². The molecule has 0 aliphatic carbocycles. The maximum atomic E-state index is 12.9. The summed E-state index contributed by atoms with van der Waals surface area (Å²) in [5, 5.41) is 10.4. The Hall–Kier alpha value is -1.82. The van der Waals surface area contributed by atoms with E-state index in [9.17, 15) is 8.42 Å². The van der Waals surface area contributed by atoms with E-state index in [1.807, 2.05) is 45.0 Å². The Bertz CT molecular complexity index is 969. The normalized spacial score (nSPS) is 13.6. The van der Waals surface area contributed by atoms with Crippen LogP contribution in [0, 0.1) is 0 Å². The molecular weight excluding hydrogens is 529 g/mol. The lowest BCUT2D eigenvalue weighted by Gasteiger charge is -2.20. The molecule has 0 fully saturated rings. The maximum absolute atomic E-state index is 12.9. The van der Waals surface area contributed by atoms with Gasteiger partial charge in [0.05, 0.1) is 23.7 Å². The number of aryl methyl sites for hydroxylation is 2. The Labute approximate surface area is 201 Å². The highest BCUT2D eigenvalue weighted by molar-refractivity contribution is 14.0. The predicted octanol–water partition coefficient (Wildman–Crippen LogP) is 2.87. The summed E-state index contributed by atoms with van der Waals surface area (Å²) in [6.07, 6.45) is 2.30. The average Bonchev–Trinajstić information content (AvgIpc) is 3.35. The predicted molar refractivity (Wildman–Crippen MR) is 135 cm³/mol. The van der Waals surface area contributed by atoms with Gasteiger partial charge in [0.25, 0.3) is 0 Å². The van der Waals surface area contributed by atoms with Gasteiger partial charge in [-0.25, -0.2) is 13.4 Å². The van der Waals surface area contributed by atoms with Gasteiger partial charge in [0.1, 0.15) is 5.76 Å². The van der Waals surface area contributed by atoms with Crippen LogP contribution in [0.15, 0.2) is 33.8 Å². The van der Waals surface area contributed by atoms with E-state index in [2.05, 4.69) is 20.8 Å². The molecule has 0 spiro atoms. The van der Waals surface area contributed by atoms with E-state index in [0.717, 1.165) is 47.5 Å². The smallest absolute Gasteiger partial charge is 0.236 e. The van der Waals surface area contributed by atoms with Crippen LogP contribution in [0.5, 0.6) is 0 Å². The van der Waals surface area contributed by atoms with Crippen molar-refractivity contribution < 1.29 is 12.9 Å². The van der Waals surface area contributed by atoms with E-state index < -0.39 is 10.0 Å². The number of para-hydroxylation sites is 1. The molecule has 1 aliphatic rings. The summed E-state index contributed by atoms with van der Waals surface area (Å²) in [7, 11) is -3.40. The fourth-order valence-corrected chi connectivity index (χ4v) is 5.05. The summed E-state index contributed by atoms with van der Waals surface area (Å²) in [5.41, 5.74) is 3.81. The third-order valence-corrected chi connectivity index (χ3v) is 6.95. The molecule has 0 saturated heterocycles. The van der Waals surface area contributed by atoms with Crippen LogP contribution in [0.4, 0.5) is 5.69 Å². The standard InChI is InChI=1S/C21H31N5O3S.HI/c1-4-18-17(20(5-2)29-25-18)15-24-21(22-6-3)23-12-14-30(27,28)26-13-11-16-9-7-8-10-19(16)26;/h7-10H,4-6,11-15H2,1-3H3,(H2,22,23,24);1H. The van der Waals surface area contributed by atoms with E-state index in [-0.39, 0.29) is 36.3 Å². The van der Waals surface area contributed by atoms with E-state index in [1.54, 1.807) is 0 Å². The van der Waals surface area contributed by atoms with Crippen LogP contribution in [-0.2, 0) is 35.8 Å². The zero-order valence-electron chi connectivity index (χ0n) is 18.3. The van der Waals surface area contributed by atoms with Crippen LogP contribution in [0.25, 0.3) is 0 Å². The minimum absolute atomic E-state index is 0. The summed E-state index contributed by atoms with van der Waals surface area (Å²) in [6, 6.07) is 7.67. The van der Waals surface area contributed by atoms with Gasteiger partial charge in [-0.05, 0) is 31.4 Å². The lowest BCUT2D eigenvalue weighted by atomic mass is 10.1. The Morgan fingerprint density at radius 3 is 2.68 bits per heavy atom. The van der Waals surface area contributed by atoms with Crippen LogP contribution in [-0.4, -0.2) is 44.9 Å². The molecule has 0 saturated carbocycles. The molecular formula is C21H32IN5O3S. The average molecular weight is 561 g/mol. The summed E-state index contributed by atoms with van der Waals surface area (Å²) in [5.74, 6) is 1.43. The van der Waals surface area contributed by atoms with E-state index >= 15 is 0 Å². The number of fused-ring (bicyclic) bond motifs is 1. The molecule has 0 atom stereocenters. The number of benzene rings is 1. The lowest BCUT2D eigenvalue weighted by Crippen LogP contribution is -2.42. The van der Waals surface area contributed by atoms with Crippen molar-refractivity contribution in [2.75, 3.05) is 29.7 Å². The Kier molecular flexibility index (Phi) is 9.60. The Balaban J connectivity index is 0.00000341. The number of nitrogens with zero attached hydrogens (tertiary/aromatic N) is 3. The molecule has 1 aromatic heterocycles. The summed E-state index contributed by atoms with van der Waals surface area (Å²) in [6.45, 7) is 7.94. The van der Waals surface area contributed by atoms with E-state index in [1.165, 1.54) is 4.31 Å². The Morgan fingerprint density at radius 1 is 1.19 bits per heavy atom. The van der Waals surface area contributed by atoms with Crippen molar-refractivity contribution in [2.45, 2.75) is 46.6 Å². The summed E-state index contributed by atoms with van der Waals surface area (Å²) >= 11 is 0. The van der Waals surface area contributed by atoms with Crippen molar-refractivity contribution in [3.05, 3.63) is 46.8 Å². The van der Waals surface area contributed by atoms with Crippen molar-refractivity contribution >= 4 is 45.6 Å². The van der Waals surface area contributed by atoms with Crippen LogP contribution in [0.2, 0.25) is 0 Å². The molecule has 1 aliphatic heterocycles. The highest BCUT2D eigenvalue weighted by Crippen LogP contribution is 2.29. The van der Waals surface area contributed by atoms with Gasteiger partial charge in [-0.15, -0.1) is 24.0 Å². The van der Waals surface area contributed by atoms with Crippen LogP contribution in [0.3, 0.4) is 0 Å². The molecule has 0 radical (unpaired) electrons. The van der Waals surface area contributed by atoms with Crippen molar-refractivity contribution in [3.8, 4) is 0 Å². The topological polar surface area (TPSA) is 99.8 Å². The number of guanidine groups is 1. The minimum atomic E-state index is -3.40. The zero-order chi connectivity index (χ0) is 21.6. The third kappa shape index (κ3) is 6.12. The van der Waals surface area contributed by atoms with Gasteiger partial charge < -0.3 is 15.2 Å². The highest BCUT2D eigenvalue weighted by Gasteiger charge is 2.28. The van der Waals surface area contributed by atoms with Gasteiger partial charge in [-0.3, -0.25) is 4.31 Å². The summed E-state index contributed by atoms with van der Waals surface area (Å²) < 4.78 is 32.6.